The number of thioether (sulfide) groups is 1. The molecule has 0 saturated carbocycles. The topological polar surface area (TPSA) is 0 Å². The molecule has 0 aromatic carbocycles. The quantitative estimate of drug-likeness (QED) is 0.602. The molecule has 2 heteroatoms. The van der Waals surface area contributed by atoms with E-state index >= 15 is 0 Å². The first-order valence-corrected chi connectivity index (χ1v) is 5.72. The number of hydrogen-bond acceptors (Lipinski definition) is 2. The maximum Gasteiger partial charge on any atom is 0.0598 e. The summed E-state index contributed by atoms with van der Waals surface area (Å²) in [5, 5.41) is 0. The zero-order valence-electron chi connectivity index (χ0n) is 7.47. The van der Waals surface area contributed by atoms with E-state index in [0.29, 0.717) is 5.41 Å². The molecule has 0 saturated heterocycles. The van der Waals surface area contributed by atoms with Crippen molar-refractivity contribution < 1.29 is 0 Å². The molecular formula is C9H14S2. The summed E-state index contributed by atoms with van der Waals surface area (Å²) in [4.78, 5) is 1.47. The van der Waals surface area contributed by atoms with E-state index < -0.39 is 0 Å². The zero-order chi connectivity index (χ0) is 8.48. The van der Waals surface area contributed by atoms with Gasteiger partial charge in [0, 0.05) is 4.88 Å². The Morgan fingerprint density at radius 3 is 2.18 bits per heavy atom. The minimum atomic E-state index is 0.318. The van der Waals surface area contributed by atoms with Crippen molar-refractivity contribution in [1.82, 2.24) is 0 Å². The molecule has 1 rings (SSSR count). The van der Waals surface area contributed by atoms with E-state index in [-0.39, 0.29) is 0 Å². The summed E-state index contributed by atoms with van der Waals surface area (Å²) >= 11 is 3.73. The standard InChI is InChI=1S/C9H14S2/c1-9(2,3)7-5-6-8(10-4)11-7/h5-6H,1-4H3. The van der Waals surface area contributed by atoms with Crippen LogP contribution < -0.4 is 0 Å². The Morgan fingerprint density at radius 2 is 1.91 bits per heavy atom. The van der Waals surface area contributed by atoms with Crippen LogP contribution in [0.1, 0.15) is 25.6 Å². The Morgan fingerprint density at radius 1 is 1.27 bits per heavy atom. The van der Waals surface area contributed by atoms with Crippen LogP contribution in [0.25, 0.3) is 0 Å². The SMILES string of the molecule is CSc1ccc(C(C)(C)C)s1. The Bertz CT molecular complexity index is 230. The van der Waals surface area contributed by atoms with Crippen LogP contribution in [0, 0.1) is 0 Å². The van der Waals surface area contributed by atoms with Crippen molar-refractivity contribution in [1.29, 1.82) is 0 Å². The van der Waals surface area contributed by atoms with Crippen molar-refractivity contribution in [3.8, 4) is 0 Å². The molecule has 0 nitrogen and oxygen atoms in total. The lowest BCUT2D eigenvalue weighted by molar-refractivity contribution is 0.604. The third-order valence-electron chi connectivity index (χ3n) is 1.52. The molecule has 0 aliphatic carbocycles. The smallest absolute Gasteiger partial charge is 0.0598 e. The van der Waals surface area contributed by atoms with Crippen molar-refractivity contribution in [2.24, 2.45) is 0 Å². The largest absolute Gasteiger partial charge is 0.133 e. The molecule has 0 aliphatic rings. The highest BCUT2D eigenvalue weighted by atomic mass is 32.2. The summed E-state index contributed by atoms with van der Waals surface area (Å²) in [7, 11) is 0. The van der Waals surface area contributed by atoms with Gasteiger partial charge in [-0.25, -0.2) is 0 Å². The molecule has 0 atom stereocenters. The van der Waals surface area contributed by atoms with Gasteiger partial charge in [0.1, 0.15) is 0 Å². The maximum atomic E-state index is 2.25. The summed E-state index contributed by atoms with van der Waals surface area (Å²) in [6, 6.07) is 4.44. The average molecular weight is 186 g/mol. The lowest BCUT2D eigenvalue weighted by Crippen LogP contribution is -2.07. The monoisotopic (exact) mass is 186 g/mol. The molecule has 0 amide bonds. The molecule has 0 fully saturated rings. The maximum absolute atomic E-state index is 2.25. The third-order valence-corrected chi connectivity index (χ3v) is 4.12. The predicted octanol–water partition coefficient (Wildman–Crippen LogP) is 3.77. The van der Waals surface area contributed by atoms with Gasteiger partial charge in [0.05, 0.1) is 4.21 Å². The van der Waals surface area contributed by atoms with Crippen LogP contribution in [0.5, 0.6) is 0 Å². The first-order valence-electron chi connectivity index (χ1n) is 3.68. The summed E-state index contributed by atoms with van der Waals surface area (Å²) in [5.74, 6) is 0. The minimum Gasteiger partial charge on any atom is -0.133 e. The van der Waals surface area contributed by atoms with Gasteiger partial charge in [-0.1, -0.05) is 20.8 Å². The zero-order valence-corrected chi connectivity index (χ0v) is 9.10. The normalized spacial score (nSPS) is 12.0. The van der Waals surface area contributed by atoms with Crippen molar-refractivity contribution in [2.75, 3.05) is 6.26 Å². The van der Waals surface area contributed by atoms with Gasteiger partial charge in [0.15, 0.2) is 0 Å². The second kappa shape index (κ2) is 3.20. The highest BCUT2D eigenvalue weighted by Crippen LogP contribution is 2.33. The number of rotatable bonds is 1. The molecule has 0 unspecified atom stereocenters. The minimum absolute atomic E-state index is 0.318. The molecular weight excluding hydrogens is 172 g/mol. The fourth-order valence-corrected chi connectivity index (χ4v) is 2.43. The second-order valence-electron chi connectivity index (χ2n) is 3.57. The predicted molar refractivity (Wildman–Crippen MR) is 54.8 cm³/mol. The van der Waals surface area contributed by atoms with Gasteiger partial charge in [0.2, 0.25) is 0 Å². The Labute approximate surface area is 77.0 Å². The van der Waals surface area contributed by atoms with Gasteiger partial charge in [-0.15, -0.1) is 23.1 Å². The summed E-state index contributed by atoms with van der Waals surface area (Å²) < 4.78 is 1.41. The number of hydrogen-bond donors (Lipinski definition) is 0. The van der Waals surface area contributed by atoms with Crippen molar-refractivity contribution in [2.45, 2.75) is 30.4 Å². The van der Waals surface area contributed by atoms with E-state index in [1.165, 1.54) is 9.09 Å². The highest BCUT2D eigenvalue weighted by molar-refractivity contribution is 8.00. The van der Waals surface area contributed by atoms with E-state index in [0.717, 1.165) is 0 Å². The van der Waals surface area contributed by atoms with E-state index in [2.05, 4.69) is 39.2 Å². The Balaban J connectivity index is 2.89. The summed E-state index contributed by atoms with van der Waals surface area (Å²) in [5.41, 5.74) is 0.318. The van der Waals surface area contributed by atoms with Crippen molar-refractivity contribution in [3.63, 3.8) is 0 Å². The van der Waals surface area contributed by atoms with Crippen molar-refractivity contribution in [3.05, 3.63) is 17.0 Å². The van der Waals surface area contributed by atoms with Crippen molar-refractivity contribution >= 4 is 23.1 Å². The third kappa shape index (κ3) is 2.24. The first-order chi connectivity index (χ1) is 5.04. The van der Waals surface area contributed by atoms with Crippen LogP contribution in [-0.4, -0.2) is 6.26 Å². The van der Waals surface area contributed by atoms with E-state index in [1.54, 1.807) is 0 Å². The van der Waals surface area contributed by atoms with Gasteiger partial charge >= 0.3 is 0 Å². The van der Waals surface area contributed by atoms with E-state index in [9.17, 15) is 0 Å². The Kier molecular flexibility index (Phi) is 2.66. The molecule has 0 bridgehead atoms. The highest BCUT2D eigenvalue weighted by Gasteiger charge is 2.15. The Hall–Kier alpha value is 0.0500. The second-order valence-corrected chi connectivity index (χ2v) is 5.76. The van der Waals surface area contributed by atoms with Gasteiger partial charge in [-0.3, -0.25) is 0 Å². The molecule has 0 spiro atoms. The molecule has 62 valence electrons. The van der Waals surface area contributed by atoms with Gasteiger partial charge < -0.3 is 0 Å². The van der Waals surface area contributed by atoms with Crippen LogP contribution in [-0.2, 0) is 5.41 Å². The van der Waals surface area contributed by atoms with Crippen LogP contribution in [0.15, 0.2) is 16.3 Å². The molecule has 0 aliphatic heterocycles. The first kappa shape index (κ1) is 9.14. The fraction of sp³-hybridized carbons (Fsp3) is 0.556. The van der Waals surface area contributed by atoms with Crippen LogP contribution in [0.3, 0.4) is 0 Å². The van der Waals surface area contributed by atoms with Gasteiger partial charge in [-0.05, 0) is 23.8 Å². The van der Waals surface area contributed by atoms with Gasteiger partial charge in [0.25, 0.3) is 0 Å². The van der Waals surface area contributed by atoms with Crippen LogP contribution >= 0.6 is 23.1 Å². The lowest BCUT2D eigenvalue weighted by atomic mass is 9.95. The number of thiophene rings is 1. The molecule has 1 aromatic rings. The lowest BCUT2D eigenvalue weighted by Gasteiger charge is -2.15. The van der Waals surface area contributed by atoms with Crippen LogP contribution in [0.2, 0.25) is 0 Å². The molecule has 11 heavy (non-hydrogen) atoms. The molecule has 1 heterocycles. The van der Waals surface area contributed by atoms with E-state index in [4.69, 9.17) is 0 Å². The fourth-order valence-electron chi connectivity index (χ4n) is 0.833. The average Bonchev–Trinajstić information content (AvgIpc) is 2.32. The molecule has 0 radical (unpaired) electrons. The van der Waals surface area contributed by atoms with Gasteiger partial charge in [-0.2, -0.15) is 0 Å². The summed E-state index contributed by atoms with van der Waals surface area (Å²) in [6.45, 7) is 6.76. The van der Waals surface area contributed by atoms with Crippen LogP contribution in [0.4, 0.5) is 0 Å². The molecule has 0 N–H and O–H groups in total. The van der Waals surface area contributed by atoms with E-state index in [1.807, 2.05) is 23.1 Å². The molecule has 1 aromatic heterocycles. The summed E-state index contributed by atoms with van der Waals surface area (Å²) in [6.07, 6.45) is 2.12.